The molecule has 3 aromatic heterocycles. The predicted octanol–water partition coefficient (Wildman–Crippen LogP) is 18.7. The second-order valence-corrected chi connectivity index (χ2v) is 18.6. The standard InChI is InChI=1S/C64H40N2OS/c1-2-18-48-41(14-1)15-12-23-49(48)42-30-34-45(35-31-42)65(46-36-32-43(33-37-46)51-24-13-25-55-54-21-6-10-29-61(54)68-64(51)55)59-39-38-50(63-62(59)56-22-5-9-28-60(56)67-63)44-16-11-17-47(40-44)66-57-26-7-3-19-52(57)53-20-4-8-27-58(53)66/h1-40H. The van der Waals surface area contributed by atoms with Gasteiger partial charge in [-0.15, -0.1) is 11.3 Å². The van der Waals surface area contributed by atoms with Crippen LogP contribution in [0.1, 0.15) is 0 Å². The highest BCUT2D eigenvalue weighted by atomic mass is 32.1. The first-order valence-electron chi connectivity index (χ1n) is 23.2. The van der Waals surface area contributed by atoms with Gasteiger partial charge in [0.15, 0.2) is 0 Å². The molecule has 0 spiro atoms. The van der Waals surface area contributed by atoms with E-state index in [-0.39, 0.29) is 0 Å². The number of para-hydroxylation sites is 3. The number of nitrogens with zero attached hydrogens (tertiary/aromatic N) is 2. The van der Waals surface area contributed by atoms with Crippen LogP contribution >= 0.6 is 11.3 Å². The maximum atomic E-state index is 7.00. The van der Waals surface area contributed by atoms with Gasteiger partial charge >= 0.3 is 0 Å². The molecular formula is C64H40N2OS. The molecule has 0 saturated heterocycles. The Balaban J connectivity index is 0.951. The molecule has 0 aliphatic rings. The highest BCUT2D eigenvalue weighted by Crippen LogP contribution is 2.48. The van der Waals surface area contributed by atoms with Gasteiger partial charge in [-0.05, 0) is 111 Å². The number of thiophene rings is 1. The van der Waals surface area contributed by atoms with Crippen molar-refractivity contribution in [2.24, 2.45) is 0 Å². The van der Waals surface area contributed by atoms with Gasteiger partial charge in [0.05, 0.1) is 22.1 Å². The molecule has 0 radical (unpaired) electrons. The maximum Gasteiger partial charge on any atom is 0.145 e. The number of aromatic nitrogens is 1. The Morgan fingerprint density at radius 1 is 0.382 bits per heavy atom. The molecular weight excluding hydrogens is 845 g/mol. The Morgan fingerprint density at radius 3 is 1.72 bits per heavy atom. The monoisotopic (exact) mass is 884 g/mol. The third-order valence-electron chi connectivity index (χ3n) is 13.8. The summed E-state index contributed by atoms with van der Waals surface area (Å²) in [4.78, 5) is 2.40. The zero-order chi connectivity index (χ0) is 44.7. The van der Waals surface area contributed by atoms with Crippen molar-refractivity contribution in [3.8, 4) is 39.1 Å². The lowest BCUT2D eigenvalue weighted by molar-refractivity contribution is 0.670. The summed E-state index contributed by atoms with van der Waals surface area (Å²) in [6.07, 6.45) is 0. The summed E-state index contributed by atoms with van der Waals surface area (Å²) in [5.41, 5.74) is 15.3. The van der Waals surface area contributed by atoms with Crippen LogP contribution < -0.4 is 4.90 Å². The SMILES string of the molecule is c1cc(-c2ccc(N(c3ccc(-c4cccc5ccccc45)cc3)c3ccc(-c4cccc5c4sc4ccccc45)cc3)c3c2oc2ccccc23)cc(-n2c3ccccc3c3ccccc32)c1. The normalized spacial score (nSPS) is 11.8. The molecule has 11 aromatic carbocycles. The van der Waals surface area contributed by atoms with Gasteiger partial charge in [-0.1, -0.05) is 170 Å². The Kier molecular flexibility index (Phi) is 8.76. The summed E-state index contributed by atoms with van der Waals surface area (Å²) in [7, 11) is 0. The largest absolute Gasteiger partial charge is 0.455 e. The van der Waals surface area contributed by atoms with Crippen molar-refractivity contribution in [2.75, 3.05) is 4.90 Å². The zero-order valence-electron chi connectivity index (χ0n) is 36.8. The van der Waals surface area contributed by atoms with Crippen LogP contribution in [0.3, 0.4) is 0 Å². The maximum absolute atomic E-state index is 7.00. The molecule has 0 N–H and O–H groups in total. The minimum absolute atomic E-state index is 0.854. The lowest BCUT2D eigenvalue weighted by Gasteiger charge is -2.27. The molecule has 0 amide bonds. The van der Waals surface area contributed by atoms with Gasteiger partial charge in [-0.2, -0.15) is 0 Å². The van der Waals surface area contributed by atoms with Crippen molar-refractivity contribution in [3.05, 3.63) is 243 Å². The summed E-state index contributed by atoms with van der Waals surface area (Å²) in [5.74, 6) is 0. The van der Waals surface area contributed by atoms with Crippen molar-refractivity contribution >= 4 is 103 Å². The predicted molar refractivity (Wildman–Crippen MR) is 289 cm³/mol. The lowest BCUT2D eigenvalue weighted by Crippen LogP contribution is -2.10. The summed E-state index contributed by atoms with van der Waals surface area (Å²) < 4.78 is 12.0. The van der Waals surface area contributed by atoms with Gasteiger partial charge in [0.25, 0.3) is 0 Å². The van der Waals surface area contributed by atoms with E-state index in [9.17, 15) is 0 Å². The molecule has 0 unspecified atom stereocenters. The third kappa shape index (κ3) is 6.05. The van der Waals surface area contributed by atoms with Gasteiger partial charge < -0.3 is 13.9 Å². The number of furan rings is 1. The number of anilines is 3. The summed E-state index contributed by atoms with van der Waals surface area (Å²) in [6.45, 7) is 0. The Bertz CT molecular complexity index is 4210. The molecule has 0 atom stereocenters. The van der Waals surface area contributed by atoms with E-state index in [4.69, 9.17) is 4.42 Å². The number of fused-ring (bicyclic) bond motifs is 10. The first kappa shape index (κ1) is 38.6. The van der Waals surface area contributed by atoms with Crippen LogP contribution in [0.2, 0.25) is 0 Å². The quantitative estimate of drug-likeness (QED) is 0.159. The second kappa shape index (κ2) is 15.5. The average Bonchev–Trinajstić information content (AvgIpc) is 4.10. The molecule has 318 valence electrons. The first-order chi connectivity index (χ1) is 33.7. The molecule has 0 aliphatic carbocycles. The van der Waals surface area contributed by atoms with E-state index in [1.165, 1.54) is 75.0 Å². The summed E-state index contributed by atoms with van der Waals surface area (Å²) in [6, 6.07) is 88.0. The van der Waals surface area contributed by atoms with Gasteiger partial charge in [-0.25, -0.2) is 0 Å². The van der Waals surface area contributed by atoms with E-state index in [1.807, 2.05) is 11.3 Å². The molecule has 0 fully saturated rings. The molecule has 0 aliphatic heterocycles. The molecule has 68 heavy (non-hydrogen) atoms. The molecule has 0 bridgehead atoms. The van der Waals surface area contributed by atoms with E-state index in [2.05, 4.69) is 252 Å². The van der Waals surface area contributed by atoms with E-state index in [1.54, 1.807) is 0 Å². The van der Waals surface area contributed by atoms with Crippen LogP contribution in [0.15, 0.2) is 247 Å². The Labute approximate surface area is 396 Å². The van der Waals surface area contributed by atoms with Gasteiger partial charge in [-0.3, -0.25) is 0 Å². The molecule has 0 saturated carbocycles. The first-order valence-corrected chi connectivity index (χ1v) is 24.0. The zero-order valence-corrected chi connectivity index (χ0v) is 37.6. The van der Waals surface area contributed by atoms with Crippen molar-refractivity contribution in [2.45, 2.75) is 0 Å². The fraction of sp³-hybridized carbons (Fsp3) is 0. The van der Waals surface area contributed by atoms with Crippen molar-refractivity contribution in [1.29, 1.82) is 0 Å². The van der Waals surface area contributed by atoms with E-state index in [0.29, 0.717) is 0 Å². The van der Waals surface area contributed by atoms with Crippen LogP contribution in [-0.4, -0.2) is 4.57 Å². The van der Waals surface area contributed by atoms with Gasteiger partial charge in [0.2, 0.25) is 0 Å². The van der Waals surface area contributed by atoms with Crippen molar-refractivity contribution < 1.29 is 4.42 Å². The minimum atomic E-state index is 0.854. The lowest BCUT2D eigenvalue weighted by atomic mass is 9.97. The average molecular weight is 885 g/mol. The number of hydrogen-bond donors (Lipinski definition) is 0. The fourth-order valence-electron chi connectivity index (χ4n) is 10.7. The van der Waals surface area contributed by atoms with Crippen LogP contribution in [0.5, 0.6) is 0 Å². The molecule has 14 rings (SSSR count). The second-order valence-electron chi connectivity index (χ2n) is 17.6. The fourth-order valence-corrected chi connectivity index (χ4v) is 11.9. The molecule has 4 heteroatoms. The molecule has 3 heterocycles. The van der Waals surface area contributed by atoms with Crippen LogP contribution in [0.4, 0.5) is 17.1 Å². The van der Waals surface area contributed by atoms with E-state index >= 15 is 0 Å². The highest BCUT2D eigenvalue weighted by molar-refractivity contribution is 7.26. The number of benzene rings is 11. The smallest absolute Gasteiger partial charge is 0.145 e. The molecule has 3 nitrogen and oxygen atoms in total. The minimum Gasteiger partial charge on any atom is -0.455 e. The number of rotatable bonds is 7. The van der Waals surface area contributed by atoms with Gasteiger partial charge in [0.1, 0.15) is 11.2 Å². The third-order valence-corrected chi connectivity index (χ3v) is 15.0. The van der Waals surface area contributed by atoms with Crippen LogP contribution in [-0.2, 0) is 0 Å². The topological polar surface area (TPSA) is 21.3 Å². The van der Waals surface area contributed by atoms with Crippen LogP contribution in [0, 0.1) is 0 Å². The Hall–Kier alpha value is -8.70. The van der Waals surface area contributed by atoms with E-state index in [0.717, 1.165) is 55.8 Å². The van der Waals surface area contributed by atoms with Crippen molar-refractivity contribution in [1.82, 2.24) is 4.57 Å². The van der Waals surface area contributed by atoms with Crippen LogP contribution in [0.25, 0.3) is 114 Å². The van der Waals surface area contributed by atoms with E-state index < -0.39 is 0 Å². The molecule has 14 aromatic rings. The number of hydrogen-bond acceptors (Lipinski definition) is 3. The van der Waals surface area contributed by atoms with Gasteiger partial charge in [0, 0.05) is 59.0 Å². The Morgan fingerprint density at radius 2 is 0.956 bits per heavy atom. The van der Waals surface area contributed by atoms with Crippen molar-refractivity contribution in [3.63, 3.8) is 0 Å². The summed E-state index contributed by atoms with van der Waals surface area (Å²) in [5, 5.41) is 9.71. The summed E-state index contributed by atoms with van der Waals surface area (Å²) >= 11 is 1.87. The highest BCUT2D eigenvalue weighted by Gasteiger charge is 2.23.